The van der Waals surface area contributed by atoms with E-state index in [1.165, 1.54) is 23.5 Å². The average Bonchev–Trinajstić information content (AvgIpc) is 2.83. The van der Waals surface area contributed by atoms with Gasteiger partial charge in [-0.2, -0.15) is 0 Å². The van der Waals surface area contributed by atoms with Crippen molar-refractivity contribution in [2.24, 2.45) is 5.73 Å². The maximum atomic E-state index is 13.2. The van der Waals surface area contributed by atoms with E-state index in [-0.39, 0.29) is 24.1 Å². The second-order valence-electron chi connectivity index (χ2n) is 4.53. The van der Waals surface area contributed by atoms with E-state index >= 15 is 0 Å². The predicted octanol–water partition coefficient (Wildman–Crippen LogP) is 3.04. The topological polar surface area (TPSA) is 56.0 Å². The lowest BCUT2D eigenvalue weighted by Gasteiger charge is -2.04. The van der Waals surface area contributed by atoms with Crippen LogP contribution >= 0.6 is 11.3 Å². The predicted molar refractivity (Wildman–Crippen MR) is 73.9 cm³/mol. The van der Waals surface area contributed by atoms with Crippen LogP contribution in [0.3, 0.4) is 0 Å². The van der Waals surface area contributed by atoms with E-state index in [2.05, 4.69) is 4.98 Å². The van der Waals surface area contributed by atoms with Gasteiger partial charge in [0.25, 0.3) is 0 Å². The monoisotopic (exact) mass is 278 g/mol. The molecule has 2 rings (SSSR count). The molecule has 1 unspecified atom stereocenters. The van der Waals surface area contributed by atoms with Gasteiger partial charge in [0.1, 0.15) is 16.5 Å². The Bertz CT molecular complexity index is 607. The van der Waals surface area contributed by atoms with Crippen LogP contribution < -0.4 is 5.73 Å². The molecule has 100 valence electrons. The molecule has 2 N–H and O–H groups in total. The summed E-state index contributed by atoms with van der Waals surface area (Å²) >= 11 is 1.37. The van der Waals surface area contributed by atoms with E-state index in [1.54, 1.807) is 11.4 Å². The number of ketones is 1. The van der Waals surface area contributed by atoms with Crippen molar-refractivity contribution in [2.75, 3.05) is 0 Å². The third-order valence-electron chi connectivity index (χ3n) is 2.86. The van der Waals surface area contributed by atoms with Crippen LogP contribution in [0.4, 0.5) is 4.39 Å². The molecule has 0 fully saturated rings. The molecule has 1 aromatic heterocycles. The molecule has 1 heterocycles. The lowest BCUT2D eigenvalue weighted by Crippen LogP contribution is -2.08. The number of benzene rings is 1. The quantitative estimate of drug-likeness (QED) is 0.875. The van der Waals surface area contributed by atoms with E-state index in [9.17, 15) is 9.18 Å². The van der Waals surface area contributed by atoms with Gasteiger partial charge in [0.2, 0.25) is 0 Å². The summed E-state index contributed by atoms with van der Waals surface area (Å²) in [6, 6.07) is 4.28. The van der Waals surface area contributed by atoms with Crippen LogP contribution in [0.15, 0.2) is 23.6 Å². The van der Waals surface area contributed by atoms with Gasteiger partial charge in [0.05, 0.1) is 6.04 Å². The first-order valence-corrected chi connectivity index (χ1v) is 6.84. The van der Waals surface area contributed by atoms with E-state index in [4.69, 9.17) is 5.73 Å². The summed E-state index contributed by atoms with van der Waals surface area (Å²) in [5, 5.41) is 2.44. The van der Waals surface area contributed by atoms with Gasteiger partial charge in [-0.3, -0.25) is 4.79 Å². The largest absolute Gasteiger partial charge is 0.322 e. The molecule has 19 heavy (non-hydrogen) atoms. The SMILES string of the molecule is Cc1ccc(F)cc1CC(=O)c1csc(C(C)N)n1. The van der Waals surface area contributed by atoms with Crippen LogP contribution in [0.25, 0.3) is 0 Å². The van der Waals surface area contributed by atoms with E-state index < -0.39 is 0 Å². The number of hydrogen-bond acceptors (Lipinski definition) is 4. The molecule has 0 aliphatic heterocycles. The molecule has 0 radical (unpaired) electrons. The van der Waals surface area contributed by atoms with E-state index in [0.29, 0.717) is 11.3 Å². The highest BCUT2D eigenvalue weighted by molar-refractivity contribution is 7.09. The highest BCUT2D eigenvalue weighted by Crippen LogP contribution is 2.18. The van der Waals surface area contributed by atoms with Gasteiger partial charge in [-0.15, -0.1) is 11.3 Å². The van der Waals surface area contributed by atoms with Crippen LogP contribution in [0, 0.1) is 12.7 Å². The standard InChI is InChI=1S/C14H15FN2OS/c1-8-3-4-11(15)5-10(8)6-13(18)12-7-19-14(17-12)9(2)16/h3-5,7,9H,6,16H2,1-2H3. The zero-order valence-electron chi connectivity index (χ0n) is 10.8. The average molecular weight is 278 g/mol. The number of nitrogens with two attached hydrogens (primary N) is 1. The molecule has 0 aliphatic carbocycles. The van der Waals surface area contributed by atoms with Crippen molar-refractivity contribution in [1.82, 2.24) is 4.98 Å². The number of hydrogen-bond donors (Lipinski definition) is 1. The Hall–Kier alpha value is -1.59. The summed E-state index contributed by atoms with van der Waals surface area (Å²) in [7, 11) is 0. The molecular formula is C14H15FN2OS. The number of halogens is 1. The Labute approximate surface area is 115 Å². The molecule has 0 amide bonds. The molecule has 0 spiro atoms. The maximum absolute atomic E-state index is 13.2. The maximum Gasteiger partial charge on any atom is 0.186 e. The molecule has 0 bridgehead atoms. The van der Waals surface area contributed by atoms with Crippen LogP contribution in [0.5, 0.6) is 0 Å². The minimum absolute atomic E-state index is 0.114. The Morgan fingerprint density at radius 2 is 2.26 bits per heavy atom. The number of nitrogens with zero attached hydrogens (tertiary/aromatic N) is 1. The van der Waals surface area contributed by atoms with Crippen molar-refractivity contribution in [2.45, 2.75) is 26.3 Å². The summed E-state index contributed by atoms with van der Waals surface area (Å²) in [5.41, 5.74) is 7.71. The minimum Gasteiger partial charge on any atom is -0.322 e. The smallest absolute Gasteiger partial charge is 0.186 e. The summed E-state index contributed by atoms with van der Waals surface area (Å²) in [6.07, 6.45) is 0.158. The summed E-state index contributed by atoms with van der Waals surface area (Å²) in [6.45, 7) is 3.68. The number of aryl methyl sites for hydroxylation is 1. The van der Waals surface area contributed by atoms with Crippen LogP contribution in [0.1, 0.15) is 39.6 Å². The van der Waals surface area contributed by atoms with Crippen molar-refractivity contribution in [3.63, 3.8) is 0 Å². The van der Waals surface area contributed by atoms with Crippen molar-refractivity contribution in [3.05, 3.63) is 51.2 Å². The lowest BCUT2D eigenvalue weighted by atomic mass is 10.0. The fourth-order valence-electron chi connectivity index (χ4n) is 1.72. The van der Waals surface area contributed by atoms with Gasteiger partial charge in [-0.1, -0.05) is 6.07 Å². The first-order chi connectivity index (χ1) is 8.97. The summed E-state index contributed by atoms with van der Waals surface area (Å²) < 4.78 is 13.2. The number of rotatable bonds is 4. The minimum atomic E-state index is -0.331. The second kappa shape index (κ2) is 5.59. The van der Waals surface area contributed by atoms with Gasteiger partial charge in [0.15, 0.2) is 5.78 Å². The first kappa shape index (κ1) is 13.8. The van der Waals surface area contributed by atoms with E-state index in [1.807, 2.05) is 13.8 Å². The summed E-state index contributed by atoms with van der Waals surface area (Å²) in [4.78, 5) is 16.3. The summed E-state index contributed by atoms with van der Waals surface area (Å²) in [5.74, 6) is -0.445. The van der Waals surface area contributed by atoms with Crippen LogP contribution in [-0.2, 0) is 6.42 Å². The van der Waals surface area contributed by atoms with Gasteiger partial charge in [-0.05, 0) is 37.1 Å². The first-order valence-electron chi connectivity index (χ1n) is 5.96. The fourth-order valence-corrected chi connectivity index (χ4v) is 2.50. The number of thiazole rings is 1. The Morgan fingerprint density at radius 3 is 2.89 bits per heavy atom. The fraction of sp³-hybridized carbons (Fsp3) is 0.286. The number of Topliss-reactive ketones (excluding diaryl/α,β-unsaturated/α-hetero) is 1. The van der Waals surface area contributed by atoms with Crippen molar-refractivity contribution in [1.29, 1.82) is 0 Å². The highest BCUT2D eigenvalue weighted by Gasteiger charge is 2.14. The van der Waals surface area contributed by atoms with Crippen LogP contribution in [0.2, 0.25) is 0 Å². The zero-order chi connectivity index (χ0) is 14.0. The third kappa shape index (κ3) is 3.24. The lowest BCUT2D eigenvalue weighted by molar-refractivity contribution is 0.0988. The normalized spacial score (nSPS) is 12.4. The molecular weight excluding hydrogens is 263 g/mol. The van der Waals surface area contributed by atoms with E-state index in [0.717, 1.165) is 10.6 Å². The number of carbonyl (C=O) groups is 1. The molecule has 0 saturated heterocycles. The molecule has 0 saturated carbocycles. The molecule has 3 nitrogen and oxygen atoms in total. The van der Waals surface area contributed by atoms with Crippen molar-refractivity contribution in [3.8, 4) is 0 Å². The number of carbonyl (C=O) groups excluding carboxylic acids is 1. The third-order valence-corrected chi connectivity index (χ3v) is 3.91. The molecule has 1 atom stereocenters. The Kier molecular flexibility index (Phi) is 4.07. The molecule has 5 heteroatoms. The van der Waals surface area contributed by atoms with Gasteiger partial charge in [-0.25, -0.2) is 9.37 Å². The van der Waals surface area contributed by atoms with Gasteiger partial charge < -0.3 is 5.73 Å². The van der Waals surface area contributed by atoms with Gasteiger partial charge in [0, 0.05) is 11.8 Å². The molecule has 0 aliphatic rings. The second-order valence-corrected chi connectivity index (χ2v) is 5.42. The van der Waals surface area contributed by atoms with Crippen molar-refractivity contribution < 1.29 is 9.18 Å². The number of aromatic nitrogens is 1. The van der Waals surface area contributed by atoms with Gasteiger partial charge >= 0.3 is 0 Å². The Morgan fingerprint density at radius 1 is 1.53 bits per heavy atom. The molecule has 1 aromatic carbocycles. The van der Waals surface area contributed by atoms with Crippen molar-refractivity contribution >= 4 is 17.1 Å². The zero-order valence-corrected chi connectivity index (χ0v) is 11.6. The van der Waals surface area contributed by atoms with Crippen LogP contribution in [-0.4, -0.2) is 10.8 Å². The Balaban J connectivity index is 2.18. The highest BCUT2D eigenvalue weighted by atomic mass is 32.1. The molecule has 2 aromatic rings.